The lowest BCUT2D eigenvalue weighted by atomic mass is 9.92. The zero-order valence-corrected chi connectivity index (χ0v) is 21.6. The van der Waals surface area contributed by atoms with Gasteiger partial charge < -0.3 is 9.84 Å². The highest BCUT2D eigenvalue weighted by atomic mass is 35.5. The number of carbonyl (C=O) groups is 1. The SMILES string of the molecule is CC1=C(c2nc(-c3cccc(Cl)c3)no2)C(c2ccc(C)c(C)c2)NC(=O)N1c1cc(C)cc(C)c1. The van der Waals surface area contributed by atoms with Crippen LogP contribution in [0, 0.1) is 27.7 Å². The molecule has 3 aromatic carbocycles. The maximum absolute atomic E-state index is 13.5. The molecule has 36 heavy (non-hydrogen) atoms. The molecule has 2 heterocycles. The fourth-order valence-corrected chi connectivity index (χ4v) is 4.87. The van der Waals surface area contributed by atoms with Gasteiger partial charge in [0.15, 0.2) is 0 Å². The minimum Gasteiger partial charge on any atom is -0.334 e. The van der Waals surface area contributed by atoms with E-state index in [-0.39, 0.29) is 6.03 Å². The smallest absolute Gasteiger partial charge is 0.326 e. The highest BCUT2D eigenvalue weighted by Crippen LogP contribution is 2.40. The number of anilines is 1. The van der Waals surface area contributed by atoms with Crippen molar-refractivity contribution in [1.29, 1.82) is 0 Å². The number of allylic oxidation sites excluding steroid dienone is 1. The van der Waals surface area contributed by atoms with E-state index >= 15 is 0 Å². The number of hydrogen-bond donors (Lipinski definition) is 1. The van der Waals surface area contributed by atoms with Gasteiger partial charge in [0.2, 0.25) is 5.82 Å². The second kappa shape index (κ2) is 9.28. The van der Waals surface area contributed by atoms with Crippen LogP contribution >= 0.6 is 11.6 Å². The third-order valence-electron chi connectivity index (χ3n) is 6.55. The molecule has 5 rings (SSSR count). The summed E-state index contributed by atoms with van der Waals surface area (Å²) < 4.78 is 5.80. The minimum absolute atomic E-state index is 0.209. The van der Waals surface area contributed by atoms with E-state index in [2.05, 4.69) is 42.5 Å². The Labute approximate surface area is 215 Å². The second-order valence-electron chi connectivity index (χ2n) is 9.34. The van der Waals surface area contributed by atoms with E-state index in [0.717, 1.165) is 44.8 Å². The summed E-state index contributed by atoms with van der Waals surface area (Å²) in [4.78, 5) is 19.9. The van der Waals surface area contributed by atoms with Gasteiger partial charge in [-0.05, 0) is 86.7 Å². The Morgan fingerprint density at radius 1 is 0.917 bits per heavy atom. The molecule has 2 amide bonds. The van der Waals surface area contributed by atoms with Crippen LogP contribution in [-0.2, 0) is 0 Å². The minimum atomic E-state index is -0.452. The zero-order valence-electron chi connectivity index (χ0n) is 20.9. The fourth-order valence-electron chi connectivity index (χ4n) is 4.68. The zero-order chi connectivity index (χ0) is 25.6. The van der Waals surface area contributed by atoms with Crippen molar-refractivity contribution in [2.45, 2.75) is 40.7 Å². The Kier molecular flexibility index (Phi) is 6.14. The number of halogens is 1. The van der Waals surface area contributed by atoms with Crippen molar-refractivity contribution in [3.63, 3.8) is 0 Å². The first kappa shape index (κ1) is 23.8. The number of carbonyl (C=O) groups excluding carboxylic acids is 1. The molecule has 0 fully saturated rings. The number of aromatic nitrogens is 2. The Morgan fingerprint density at radius 3 is 2.36 bits per heavy atom. The first-order valence-corrected chi connectivity index (χ1v) is 12.2. The van der Waals surface area contributed by atoms with Crippen LogP contribution in [0.15, 0.2) is 70.9 Å². The van der Waals surface area contributed by atoms with Crippen LogP contribution < -0.4 is 10.2 Å². The first-order chi connectivity index (χ1) is 17.2. The molecule has 7 heteroatoms. The molecular weight excluding hydrogens is 472 g/mol. The van der Waals surface area contributed by atoms with E-state index in [1.807, 2.05) is 51.1 Å². The summed E-state index contributed by atoms with van der Waals surface area (Å²) in [6, 6.07) is 18.9. The van der Waals surface area contributed by atoms with Gasteiger partial charge in [0.1, 0.15) is 0 Å². The van der Waals surface area contributed by atoms with Crippen LogP contribution in [0.3, 0.4) is 0 Å². The Morgan fingerprint density at radius 2 is 1.67 bits per heavy atom. The van der Waals surface area contributed by atoms with Gasteiger partial charge >= 0.3 is 6.03 Å². The van der Waals surface area contributed by atoms with Gasteiger partial charge in [-0.3, -0.25) is 4.90 Å². The summed E-state index contributed by atoms with van der Waals surface area (Å²) in [5, 5.41) is 8.01. The van der Waals surface area contributed by atoms with E-state index < -0.39 is 6.04 Å². The van der Waals surface area contributed by atoms with Crippen molar-refractivity contribution in [2.75, 3.05) is 4.90 Å². The van der Waals surface area contributed by atoms with E-state index in [0.29, 0.717) is 16.7 Å². The summed E-state index contributed by atoms with van der Waals surface area (Å²) in [7, 11) is 0. The molecule has 1 aromatic heterocycles. The molecule has 4 aromatic rings. The molecule has 1 atom stereocenters. The normalized spacial score (nSPS) is 15.9. The number of nitrogens with one attached hydrogen (secondary N) is 1. The molecule has 182 valence electrons. The molecule has 0 saturated heterocycles. The molecule has 1 aliphatic rings. The van der Waals surface area contributed by atoms with Gasteiger partial charge in [0.25, 0.3) is 5.89 Å². The topological polar surface area (TPSA) is 71.3 Å². The van der Waals surface area contributed by atoms with Crippen LogP contribution in [0.4, 0.5) is 10.5 Å². The van der Waals surface area contributed by atoms with E-state index in [9.17, 15) is 4.79 Å². The number of urea groups is 1. The van der Waals surface area contributed by atoms with E-state index in [1.54, 1.807) is 17.0 Å². The summed E-state index contributed by atoms with van der Waals surface area (Å²) >= 11 is 6.18. The van der Waals surface area contributed by atoms with Crippen molar-refractivity contribution < 1.29 is 9.32 Å². The van der Waals surface area contributed by atoms with Crippen molar-refractivity contribution in [3.05, 3.63) is 105 Å². The largest absolute Gasteiger partial charge is 0.334 e. The average molecular weight is 499 g/mol. The van der Waals surface area contributed by atoms with Crippen LogP contribution in [-0.4, -0.2) is 16.2 Å². The van der Waals surface area contributed by atoms with Crippen molar-refractivity contribution in [3.8, 4) is 11.4 Å². The van der Waals surface area contributed by atoms with E-state index in [4.69, 9.17) is 21.1 Å². The lowest BCUT2D eigenvalue weighted by Gasteiger charge is -2.35. The lowest BCUT2D eigenvalue weighted by molar-refractivity contribution is 0.244. The summed E-state index contributed by atoms with van der Waals surface area (Å²) in [5.41, 5.74) is 8.43. The van der Waals surface area contributed by atoms with Gasteiger partial charge in [-0.15, -0.1) is 0 Å². The quantitative estimate of drug-likeness (QED) is 0.320. The van der Waals surface area contributed by atoms with Gasteiger partial charge in [0.05, 0.1) is 17.3 Å². The summed E-state index contributed by atoms with van der Waals surface area (Å²) in [6.07, 6.45) is 0. The predicted molar refractivity (Wildman–Crippen MR) is 143 cm³/mol. The van der Waals surface area contributed by atoms with Crippen LogP contribution in [0.2, 0.25) is 5.02 Å². The molecule has 6 nitrogen and oxygen atoms in total. The number of hydrogen-bond acceptors (Lipinski definition) is 4. The fraction of sp³-hybridized carbons (Fsp3) is 0.207. The maximum Gasteiger partial charge on any atom is 0.326 e. The number of nitrogens with zero attached hydrogens (tertiary/aromatic N) is 3. The average Bonchev–Trinajstić information content (AvgIpc) is 3.30. The third-order valence-corrected chi connectivity index (χ3v) is 6.79. The molecular formula is C29H27ClN4O2. The first-order valence-electron chi connectivity index (χ1n) is 11.8. The predicted octanol–water partition coefficient (Wildman–Crippen LogP) is 7.33. The standard InChI is InChI=1S/C29H27ClN4O2/c1-16-11-17(2)13-24(12-16)34-20(5)25(26(31-29(34)35)21-10-9-18(3)19(4)14-21)28-32-27(33-36-28)22-7-6-8-23(30)15-22/h6-15,26H,1-5H3,(H,31,35). The van der Waals surface area contributed by atoms with Crippen molar-refractivity contribution in [2.24, 2.45) is 0 Å². The number of amides is 2. The number of rotatable bonds is 4. The van der Waals surface area contributed by atoms with Crippen LogP contribution in [0.5, 0.6) is 0 Å². The molecule has 1 aliphatic heterocycles. The third kappa shape index (κ3) is 4.40. The Hall–Kier alpha value is -3.90. The Balaban J connectivity index is 1.69. The molecule has 1 N–H and O–H groups in total. The van der Waals surface area contributed by atoms with Gasteiger partial charge in [-0.1, -0.05) is 53.2 Å². The summed E-state index contributed by atoms with van der Waals surface area (Å²) in [6.45, 7) is 10.1. The monoisotopic (exact) mass is 498 g/mol. The lowest BCUT2D eigenvalue weighted by Crippen LogP contribution is -2.46. The van der Waals surface area contributed by atoms with Crippen LogP contribution in [0.1, 0.15) is 46.7 Å². The molecule has 0 bridgehead atoms. The maximum atomic E-state index is 13.5. The van der Waals surface area contributed by atoms with Crippen molar-refractivity contribution in [1.82, 2.24) is 15.5 Å². The van der Waals surface area contributed by atoms with Gasteiger partial charge in [-0.25, -0.2) is 4.79 Å². The Bertz CT molecular complexity index is 1500. The van der Waals surface area contributed by atoms with Gasteiger partial charge in [0, 0.05) is 16.3 Å². The molecule has 0 radical (unpaired) electrons. The number of benzene rings is 3. The highest BCUT2D eigenvalue weighted by molar-refractivity contribution is 6.30. The van der Waals surface area contributed by atoms with Crippen molar-refractivity contribution >= 4 is 28.9 Å². The second-order valence-corrected chi connectivity index (χ2v) is 9.78. The van der Waals surface area contributed by atoms with E-state index in [1.165, 1.54) is 5.56 Å². The highest BCUT2D eigenvalue weighted by Gasteiger charge is 2.36. The molecule has 1 unspecified atom stereocenters. The molecule has 0 saturated carbocycles. The molecule has 0 aliphatic carbocycles. The number of aryl methyl sites for hydroxylation is 4. The van der Waals surface area contributed by atoms with Gasteiger partial charge in [-0.2, -0.15) is 4.98 Å². The van der Waals surface area contributed by atoms with Crippen LogP contribution in [0.25, 0.3) is 17.0 Å². The molecule has 0 spiro atoms. The summed E-state index contributed by atoms with van der Waals surface area (Å²) in [5.74, 6) is 0.779.